The number of hydrogen-bond acceptors (Lipinski definition) is 2. The Kier molecular flexibility index (Phi) is 4.37. The van der Waals surface area contributed by atoms with Crippen molar-refractivity contribution in [2.24, 2.45) is 0 Å². The summed E-state index contributed by atoms with van der Waals surface area (Å²) < 4.78 is 2.25. The Morgan fingerprint density at radius 1 is 1.46 bits per heavy atom. The number of aryl methyl sites for hydroxylation is 2. The molecule has 0 fully saturated rings. The maximum Gasteiger partial charge on any atom is 0.253 e. The first-order valence-corrected chi connectivity index (χ1v) is 8.04. The molecular weight excluding hydrogens is 324 g/mol. The third-order valence-electron chi connectivity index (χ3n) is 4.84. The summed E-state index contributed by atoms with van der Waals surface area (Å²) in [6.45, 7) is 4.61. The van der Waals surface area contributed by atoms with E-state index in [1.54, 1.807) is 6.33 Å². The summed E-state index contributed by atoms with van der Waals surface area (Å²) in [6.07, 6.45) is 5.86. The first kappa shape index (κ1) is 16.6. The number of nitrogens with zero attached hydrogens (tertiary/aromatic N) is 2. The smallest absolute Gasteiger partial charge is 0.253 e. The monoisotopic (exact) mass is 344 g/mol. The van der Waals surface area contributed by atoms with Gasteiger partial charge in [-0.15, -0.1) is 12.4 Å². The van der Waals surface area contributed by atoms with Crippen molar-refractivity contribution in [2.45, 2.75) is 39.3 Å². The van der Waals surface area contributed by atoms with Crippen LogP contribution in [0.3, 0.4) is 0 Å². The molecule has 3 heterocycles. The summed E-state index contributed by atoms with van der Waals surface area (Å²) in [5.74, 6) is -0.0394. The maximum atomic E-state index is 12.7. The van der Waals surface area contributed by atoms with Crippen LogP contribution in [0.1, 0.15) is 46.7 Å². The number of rotatable bonds is 3. The molecule has 2 aromatic heterocycles. The average molecular weight is 345 g/mol. The topological polar surface area (TPSA) is 62.7 Å². The van der Waals surface area contributed by atoms with Crippen molar-refractivity contribution in [3.63, 3.8) is 0 Å². The summed E-state index contributed by atoms with van der Waals surface area (Å²) in [5, 5.41) is 4.04. The highest BCUT2D eigenvalue weighted by Crippen LogP contribution is 2.34. The first-order valence-electron chi connectivity index (χ1n) is 8.04. The van der Waals surface area contributed by atoms with E-state index in [-0.39, 0.29) is 18.3 Å². The van der Waals surface area contributed by atoms with E-state index < -0.39 is 0 Å². The molecule has 1 aromatic carbocycles. The van der Waals surface area contributed by atoms with Crippen LogP contribution in [0, 0.1) is 6.92 Å². The molecule has 5 nitrogen and oxygen atoms in total. The van der Waals surface area contributed by atoms with Crippen molar-refractivity contribution in [1.82, 2.24) is 19.9 Å². The SMILES string of the molecule is Cc1[nH]cnc1CNC(=O)c1cn2c3c(cccc13)CCC2C.Cl. The van der Waals surface area contributed by atoms with Crippen molar-refractivity contribution in [3.05, 3.63) is 53.2 Å². The minimum Gasteiger partial charge on any atom is -0.348 e. The lowest BCUT2D eigenvalue weighted by Crippen LogP contribution is -2.23. The Morgan fingerprint density at radius 3 is 3.04 bits per heavy atom. The highest BCUT2D eigenvalue weighted by atomic mass is 35.5. The van der Waals surface area contributed by atoms with Gasteiger partial charge in [0.25, 0.3) is 5.91 Å². The van der Waals surface area contributed by atoms with Gasteiger partial charge in [0.1, 0.15) is 0 Å². The molecule has 3 aromatic rings. The lowest BCUT2D eigenvalue weighted by Gasteiger charge is -2.22. The van der Waals surface area contributed by atoms with E-state index in [0.717, 1.165) is 35.2 Å². The highest BCUT2D eigenvalue weighted by Gasteiger charge is 2.23. The maximum absolute atomic E-state index is 12.7. The Labute approximate surface area is 146 Å². The zero-order valence-electron chi connectivity index (χ0n) is 13.8. The van der Waals surface area contributed by atoms with Gasteiger partial charge in [-0.2, -0.15) is 0 Å². The zero-order valence-corrected chi connectivity index (χ0v) is 14.6. The molecule has 0 aliphatic carbocycles. The van der Waals surface area contributed by atoms with Crippen LogP contribution < -0.4 is 5.32 Å². The van der Waals surface area contributed by atoms with Gasteiger partial charge in [-0.05, 0) is 32.3 Å². The van der Waals surface area contributed by atoms with Crippen LogP contribution in [0.4, 0.5) is 0 Å². The average Bonchev–Trinajstić information content (AvgIpc) is 3.14. The number of benzene rings is 1. The molecule has 1 aliphatic heterocycles. The number of aromatic amines is 1. The molecule has 4 rings (SSSR count). The second-order valence-electron chi connectivity index (χ2n) is 6.31. The van der Waals surface area contributed by atoms with Crippen LogP contribution in [0.2, 0.25) is 0 Å². The summed E-state index contributed by atoms with van der Waals surface area (Å²) in [4.78, 5) is 19.9. The van der Waals surface area contributed by atoms with Crippen LogP contribution in [-0.4, -0.2) is 20.4 Å². The number of carbonyl (C=O) groups is 1. The molecule has 0 saturated heterocycles. The van der Waals surface area contributed by atoms with Gasteiger partial charge in [0.05, 0.1) is 29.6 Å². The van der Waals surface area contributed by atoms with Crippen molar-refractivity contribution in [2.75, 3.05) is 0 Å². The van der Waals surface area contributed by atoms with E-state index in [4.69, 9.17) is 0 Å². The molecule has 1 atom stereocenters. The molecule has 1 aliphatic rings. The highest BCUT2D eigenvalue weighted by molar-refractivity contribution is 6.07. The summed E-state index contributed by atoms with van der Waals surface area (Å²) in [5.41, 5.74) is 5.17. The van der Waals surface area contributed by atoms with Gasteiger partial charge in [0.2, 0.25) is 0 Å². The number of halogens is 1. The minimum atomic E-state index is -0.0394. The largest absolute Gasteiger partial charge is 0.348 e. The Balaban J connectivity index is 0.00000169. The zero-order chi connectivity index (χ0) is 16.0. The van der Waals surface area contributed by atoms with E-state index in [2.05, 4.69) is 32.8 Å². The van der Waals surface area contributed by atoms with Crippen LogP contribution in [0.25, 0.3) is 10.9 Å². The number of H-pyrrole nitrogens is 1. The van der Waals surface area contributed by atoms with Crippen LogP contribution in [0.15, 0.2) is 30.7 Å². The van der Waals surface area contributed by atoms with Crippen LogP contribution in [0.5, 0.6) is 0 Å². The molecule has 0 spiro atoms. The number of hydrogen-bond donors (Lipinski definition) is 2. The van der Waals surface area contributed by atoms with E-state index in [9.17, 15) is 4.79 Å². The fraction of sp³-hybridized carbons (Fsp3) is 0.333. The van der Waals surface area contributed by atoms with Gasteiger partial charge >= 0.3 is 0 Å². The Bertz CT molecular complexity index is 896. The molecule has 1 amide bonds. The van der Waals surface area contributed by atoms with Gasteiger partial charge in [-0.25, -0.2) is 4.98 Å². The fourth-order valence-electron chi connectivity index (χ4n) is 3.45. The molecule has 0 radical (unpaired) electrons. The number of para-hydroxylation sites is 1. The lowest BCUT2D eigenvalue weighted by molar-refractivity contribution is 0.0952. The minimum absolute atomic E-state index is 0. The summed E-state index contributed by atoms with van der Waals surface area (Å²) in [7, 11) is 0. The normalized spacial score (nSPS) is 16.0. The number of carbonyl (C=O) groups excluding carboxylic acids is 1. The van der Waals surface area contributed by atoms with Crippen LogP contribution in [-0.2, 0) is 13.0 Å². The quantitative estimate of drug-likeness (QED) is 0.763. The predicted molar refractivity (Wildman–Crippen MR) is 96.7 cm³/mol. The van der Waals surface area contributed by atoms with Crippen molar-refractivity contribution in [3.8, 4) is 0 Å². The fourth-order valence-corrected chi connectivity index (χ4v) is 3.45. The van der Waals surface area contributed by atoms with Gasteiger partial charge in [0.15, 0.2) is 0 Å². The Morgan fingerprint density at radius 2 is 2.29 bits per heavy atom. The second kappa shape index (κ2) is 6.32. The number of amides is 1. The van der Waals surface area contributed by atoms with Gasteiger partial charge in [-0.1, -0.05) is 18.2 Å². The van der Waals surface area contributed by atoms with Crippen molar-refractivity contribution in [1.29, 1.82) is 0 Å². The molecular formula is C18H21ClN4O. The first-order chi connectivity index (χ1) is 11.1. The Hall–Kier alpha value is -2.27. The van der Waals surface area contributed by atoms with Crippen LogP contribution >= 0.6 is 12.4 Å². The predicted octanol–water partition coefficient (Wildman–Crippen LogP) is 3.53. The lowest BCUT2D eigenvalue weighted by atomic mass is 9.99. The molecule has 0 bridgehead atoms. The molecule has 2 N–H and O–H groups in total. The van der Waals surface area contributed by atoms with E-state index in [1.165, 1.54) is 11.1 Å². The third-order valence-corrected chi connectivity index (χ3v) is 4.84. The molecule has 126 valence electrons. The van der Waals surface area contributed by atoms with E-state index in [0.29, 0.717) is 12.6 Å². The number of nitrogens with one attached hydrogen (secondary N) is 2. The van der Waals surface area contributed by atoms with Gasteiger partial charge in [0, 0.05) is 23.3 Å². The number of imidazole rings is 1. The van der Waals surface area contributed by atoms with E-state index >= 15 is 0 Å². The molecule has 0 saturated carbocycles. The van der Waals surface area contributed by atoms with Gasteiger partial charge < -0.3 is 14.9 Å². The van der Waals surface area contributed by atoms with E-state index in [1.807, 2.05) is 25.3 Å². The van der Waals surface area contributed by atoms with Gasteiger partial charge in [-0.3, -0.25) is 4.79 Å². The molecule has 1 unspecified atom stereocenters. The summed E-state index contributed by atoms with van der Waals surface area (Å²) in [6, 6.07) is 6.69. The second-order valence-corrected chi connectivity index (χ2v) is 6.31. The molecule has 24 heavy (non-hydrogen) atoms. The summed E-state index contributed by atoms with van der Waals surface area (Å²) >= 11 is 0. The molecule has 6 heteroatoms. The van der Waals surface area contributed by atoms with Crippen molar-refractivity contribution >= 4 is 29.2 Å². The van der Waals surface area contributed by atoms with Crippen molar-refractivity contribution < 1.29 is 4.79 Å². The standard InChI is InChI=1S/C18H20N4O.ClH/c1-11-6-7-13-4-3-5-14-15(9-22(11)17(13)14)18(23)19-8-16-12(2)20-10-21-16;/h3-5,9-11H,6-8H2,1-2H3,(H,19,23)(H,20,21);1H. The third kappa shape index (κ3) is 2.59. The number of aromatic nitrogens is 3.